The van der Waals surface area contributed by atoms with Crippen LogP contribution in [-0.2, 0) is 6.18 Å². The van der Waals surface area contributed by atoms with Gasteiger partial charge in [-0.2, -0.15) is 13.2 Å². The van der Waals surface area contributed by atoms with Gasteiger partial charge < -0.3 is 9.90 Å². The van der Waals surface area contributed by atoms with Gasteiger partial charge in [0.05, 0.1) is 11.5 Å². The number of hydrogen-bond acceptors (Lipinski definition) is 2. The van der Waals surface area contributed by atoms with Crippen molar-refractivity contribution in [3.05, 3.63) is 59.7 Å². The van der Waals surface area contributed by atoms with Crippen molar-refractivity contribution in [1.82, 2.24) is 0 Å². The van der Waals surface area contributed by atoms with Crippen LogP contribution in [0.4, 0.5) is 13.2 Å². The summed E-state index contributed by atoms with van der Waals surface area (Å²) in [6.07, 6.45) is -4.36. The van der Waals surface area contributed by atoms with Gasteiger partial charge in [0.2, 0.25) is 0 Å². The van der Waals surface area contributed by atoms with Crippen LogP contribution >= 0.6 is 0 Å². The summed E-state index contributed by atoms with van der Waals surface area (Å²) in [5, 5.41) is 10.6. The normalized spacial score (nSPS) is 10.8. The monoisotopic (exact) mass is 272 g/mol. The summed E-state index contributed by atoms with van der Waals surface area (Å²) in [6, 6.07) is 10.4. The van der Waals surface area contributed by atoms with Crippen LogP contribution in [0.1, 0.15) is 15.9 Å². The standard InChI is InChI=1S/C14H9F3O2.Li/c15-14(16,17)12-7-5-10(6-8-12)9-1-3-11(4-2-9)13(18)19;/h1-8H,(H,18,19);/q;+1/p-1. The first kappa shape index (κ1) is 16.4. The van der Waals surface area contributed by atoms with Crippen LogP contribution in [0.5, 0.6) is 0 Å². The molecule has 0 saturated carbocycles. The molecule has 0 aromatic heterocycles. The molecular formula is C14H8F3LiO2. The molecule has 0 heterocycles. The van der Waals surface area contributed by atoms with Crippen molar-refractivity contribution in [2.75, 3.05) is 0 Å². The van der Waals surface area contributed by atoms with Crippen molar-refractivity contribution in [1.29, 1.82) is 0 Å². The van der Waals surface area contributed by atoms with Crippen molar-refractivity contribution in [3.63, 3.8) is 0 Å². The summed E-state index contributed by atoms with van der Waals surface area (Å²) < 4.78 is 37.2. The Balaban J connectivity index is 0.00000200. The molecule has 0 aliphatic rings. The second-order valence-corrected chi connectivity index (χ2v) is 3.94. The summed E-state index contributed by atoms with van der Waals surface area (Å²) in [7, 11) is 0. The van der Waals surface area contributed by atoms with Crippen LogP contribution < -0.4 is 24.0 Å². The average molecular weight is 272 g/mol. The fraction of sp³-hybridized carbons (Fsp3) is 0.0714. The maximum Gasteiger partial charge on any atom is 1.00 e. The van der Waals surface area contributed by atoms with Crippen LogP contribution in [0.15, 0.2) is 48.5 Å². The third kappa shape index (κ3) is 3.66. The second kappa shape index (κ2) is 6.17. The molecule has 6 heteroatoms. The van der Waals surface area contributed by atoms with E-state index < -0.39 is 17.7 Å². The van der Waals surface area contributed by atoms with E-state index in [1.165, 1.54) is 36.4 Å². The molecule has 0 amide bonds. The van der Waals surface area contributed by atoms with Crippen LogP contribution in [0.2, 0.25) is 0 Å². The van der Waals surface area contributed by atoms with E-state index in [-0.39, 0.29) is 24.4 Å². The quantitative estimate of drug-likeness (QED) is 0.707. The first-order valence-corrected chi connectivity index (χ1v) is 5.37. The van der Waals surface area contributed by atoms with Gasteiger partial charge >= 0.3 is 25.0 Å². The van der Waals surface area contributed by atoms with Crippen LogP contribution in [0.25, 0.3) is 11.1 Å². The van der Waals surface area contributed by atoms with E-state index in [1.807, 2.05) is 0 Å². The Kier molecular flexibility index (Phi) is 5.04. The van der Waals surface area contributed by atoms with E-state index in [9.17, 15) is 23.1 Å². The molecule has 0 aliphatic carbocycles. The Morgan fingerprint density at radius 1 is 0.850 bits per heavy atom. The van der Waals surface area contributed by atoms with Crippen LogP contribution in [0.3, 0.4) is 0 Å². The Bertz CT molecular complexity index is 589. The minimum Gasteiger partial charge on any atom is -0.545 e. The molecule has 0 N–H and O–H groups in total. The maximum absolute atomic E-state index is 12.4. The summed E-state index contributed by atoms with van der Waals surface area (Å²) in [6.45, 7) is 0. The number of carbonyl (C=O) groups excluding carboxylic acids is 1. The molecule has 2 aromatic carbocycles. The predicted octanol–water partition coefficient (Wildman–Crippen LogP) is -0.260. The number of carbonyl (C=O) groups is 1. The van der Waals surface area contributed by atoms with E-state index in [0.717, 1.165) is 12.1 Å². The Morgan fingerprint density at radius 2 is 1.25 bits per heavy atom. The van der Waals surface area contributed by atoms with Gasteiger partial charge in [-0.25, -0.2) is 0 Å². The zero-order valence-electron chi connectivity index (χ0n) is 10.6. The van der Waals surface area contributed by atoms with Crippen molar-refractivity contribution in [2.24, 2.45) is 0 Å². The van der Waals surface area contributed by atoms with Gasteiger partial charge in [-0.05, 0) is 28.8 Å². The van der Waals surface area contributed by atoms with Crippen molar-refractivity contribution in [3.8, 4) is 11.1 Å². The Hall–Kier alpha value is -1.70. The minimum atomic E-state index is -4.36. The fourth-order valence-corrected chi connectivity index (χ4v) is 1.65. The molecule has 20 heavy (non-hydrogen) atoms. The zero-order valence-corrected chi connectivity index (χ0v) is 10.6. The van der Waals surface area contributed by atoms with E-state index in [2.05, 4.69) is 0 Å². The minimum absolute atomic E-state index is 0. The first-order valence-electron chi connectivity index (χ1n) is 5.37. The molecule has 0 aliphatic heterocycles. The van der Waals surface area contributed by atoms with Gasteiger partial charge in [-0.1, -0.05) is 36.4 Å². The zero-order chi connectivity index (χ0) is 14.0. The molecule has 0 unspecified atom stereocenters. The van der Waals surface area contributed by atoms with Crippen molar-refractivity contribution < 1.29 is 41.9 Å². The third-order valence-electron chi connectivity index (χ3n) is 2.67. The summed E-state index contributed by atoms with van der Waals surface area (Å²) in [5.41, 5.74) is 0.523. The van der Waals surface area contributed by atoms with E-state index in [4.69, 9.17) is 0 Å². The SMILES string of the molecule is O=C([O-])c1ccc(-c2ccc(C(F)(F)F)cc2)cc1.[Li+]. The number of benzene rings is 2. The summed E-state index contributed by atoms with van der Waals surface area (Å²) >= 11 is 0. The molecule has 0 spiro atoms. The average Bonchev–Trinajstić information content (AvgIpc) is 2.38. The number of rotatable bonds is 2. The van der Waals surface area contributed by atoms with Gasteiger partial charge in [-0.15, -0.1) is 0 Å². The molecule has 0 fully saturated rings. The van der Waals surface area contributed by atoms with Gasteiger partial charge in [0.15, 0.2) is 0 Å². The molecule has 0 radical (unpaired) electrons. The number of aromatic carboxylic acids is 1. The molecule has 0 bridgehead atoms. The van der Waals surface area contributed by atoms with Gasteiger partial charge in [0.1, 0.15) is 0 Å². The number of carboxylic acids is 1. The van der Waals surface area contributed by atoms with Gasteiger partial charge in [-0.3, -0.25) is 0 Å². The molecule has 0 saturated heterocycles. The molecular weight excluding hydrogens is 264 g/mol. The third-order valence-corrected chi connectivity index (χ3v) is 2.67. The Labute approximate surface area is 125 Å². The summed E-state index contributed by atoms with van der Waals surface area (Å²) in [4.78, 5) is 10.6. The maximum atomic E-state index is 12.4. The number of carboxylic acid groups (broad SMARTS) is 1. The number of alkyl halides is 3. The first-order chi connectivity index (χ1) is 8.88. The largest absolute Gasteiger partial charge is 1.00 e. The van der Waals surface area contributed by atoms with Gasteiger partial charge in [0, 0.05) is 0 Å². The van der Waals surface area contributed by atoms with E-state index in [1.54, 1.807) is 0 Å². The smallest absolute Gasteiger partial charge is 0.545 e. The fourth-order valence-electron chi connectivity index (χ4n) is 1.65. The Morgan fingerprint density at radius 3 is 1.60 bits per heavy atom. The summed E-state index contributed by atoms with van der Waals surface area (Å²) in [5.74, 6) is -1.29. The number of hydrogen-bond donors (Lipinski definition) is 0. The second-order valence-electron chi connectivity index (χ2n) is 3.94. The van der Waals surface area contributed by atoms with E-state index >= 15 is 0 Å². The molecule has 98 valence electrons. The van der Waals surface area contributed by atoms with Crippen molar-refractivity contribution >= 4 is 5.97 Å². The predicted molar refractivity (Wildman–Crippen MR) is 61.2 cm³/mol. The molecule has 2 nitrogen and oxygen atoms in total. The van der Waals surface area contributed by atoms with Crippen LogP contribution in [-0.4, -0.2) is 5.97 Å². The topological polar surface area (TPSA) is 40.1 Å². The van der Waals surface area contributed by atoms with Gasteiger partial charge in [0.25, 0.3) is 0 Å². The molecule has 2 aromatic rings. The number of halogens is 3. The van der Waals surface area contributed by atoms with E-state index in [0.29, 0.717) is 11.1 Å². The van der Waals surface area contributed by atoms with Crippen molar-refractivity contribution in [2.45, 2.75) is 6.18 Å². The molecule has 2 rings (SSSR count). The van der Waals surface area contributed by atoms with Crippen LogP contribution in [0, 0.1) is 0 Å². The molecule has 0 atom stereocenters.